The van der Waals surface area contributed by atoms with Gasteiger partial charge in [-0.1, -0.05) is 39.3 Å². The molecule has 2 rings (SSSR count). The van der Waals surface area contributed by atoms with Crippen LogP contribution in [-0.4, -0.2) is 34.1 Å². The molecule has 1 aliphatic rings. The molecular formula is C28H40N2O4S. The first-order chi connectivity index (χ1) is 16.4. The van der Waals surface area contributed by atoms with Crippen LogP contribution in [0.3, 0.4) is 0 Å². The summed E-state index contributed by atoms with van der Waals surface area (Å²) in [6.07, 6.45) is 5.66. The summed E-state index contributed by atoms with van der Waals surface area (Å²) in [6, 6.07) is 2.16. The van der Waals surface area contributed by atoms with Crippen molar-refractivity contribution in [3.05, 3.63) is 33.3 Å². The molecule has 192 valence electrons. The number of ether oxygens (including phenoxy) is 1. The molecule has 5 atom stereocenters. The van der Waals surface area contributed by atoms with Gasteiger partial charge in [-0.3, -0.25) is 9.59 Å². The van der Waals surface area contributed by atoms with Crippen molar-refractivity contribution < 1.29 is 19.4 Å². The van der Waals surface area contributed by atoms with Gasteiger partial charge in [0.2, 0.25) is 0 Å². The highest BCUT2D eigenvalue weighted by atomic mass is 32.1. The topological polar surface area (TPSA) is 100 Å². The molecule has 0 bridgehead atoms. The SMILES string of the molecule is C/C1=C/C[C@@H](/C(C)=C/c2csc(C)n2)OC(=O)C[C@H](C#N)C(C)(C)C(=O)C(C)[C@@H](O)[C@@H](C)CCC1. The first-order valence-corrected chi connectivity index (χ1v) is 13.3. The lowest BCUT2D eigenvalue weighted by Gasteiger charge is -2.34. The standard InChI is InChI=1S/C28H40N2O4S/c1-17-9-8-10-18(2)26(32)20(4)27(33)28(6,7)22(15-29)14-25(31)34-24(12-11-17)19(3)13-23-16-35-21(5)30-23/h11,13,16,18,20,22,24,26,32H,8-10,12,14H2,1-7H3/b17-11-,19-13+/t18-,20?,22+,24-,26-/m0/s1. The second-order valence-corrected chi connectivity index (χ2v) is 11.6. The third-order valence-corrected chi connectivity index (χ3v) is 8.04. The van der Waals surface area contributed by atoms with Crippen molar-refractivity contribution in [2.45, 2.75) is 92.8 Å². The molecule has 0 saturated carbocycles. The lowest BCUT2D eigenvalue weighted by Crippen LogP contribution is -2.43. The molecule has 0 spiro atoms. The zero-order valence-corrected chi connectivity index (χ0v) is 22.9. The Bertz CT molecular complexity index is 1000. The fourth-order valence-electron chi connectivity index (χ4n) is 4.63. The number of cyclic esters (lactones) is 1. The molecule has 1 N–H and O–H groups in total. The van der Waals surface area contributed by atoms with E-state index in [1.165, 1.54) is 5.57 Å². The van der Waals surface area contributed by atoms with E-state index in [4.69, 9.17) is 4.74 Å². The van der Waals surface area contributed by atoms with Crippen molar-refractivity contribution in [2.75, 3.05) is 0 Å². The van der Waals surface area contributed by atoms with Crippen molar-refractivity contribution in [3.8, 4) is 6.07 Å². The summed E-state index contributed by atoms with van der Waals surface area (Å²) in [4.78, 5) is 30.8. The van der Waals surface area contributed by atoms with Gasteiger partial charge in [0, 0.05) is 23.1 Å². The molecule has 0 aromatic carbocycles. The number of aryl methyl sites for hydroxylation is 1. The van der Waals surface area contributed by atoms with Crippen molar-refractivity contribution in [1.29, 1.82) is 5.26 Å². The highest BCUT2D eigenvalue weighted by Gasteiger charge is 2.43. The van der Waals surface area contributed by atoms with Crippen LogP contribution in [0.4, 0.5) is 0 Å². The Morgan fingerprint density at radius 3 is 2.60 bits per heavy atom. The number of Topliss-reactive ketones (excluding diaryl/α,β-unsaturated/α-hetero) is 1. The van der Waals surface area contributed by atoms with Crippen LogP contribution >= 0.6 is 11.3 Å². The normalized spacial score (nSPS) is 31.2. The number of nitriles is 1. The summed E-state index contributed by atoms with van der Waals surface area (Å²) in [5, 5.41) is 23.6. The fourth-order valence-corrected chi connectivity index (χ4v) is 5.20. The van der Waals surface area contributed by atoms with Gasteiger partial charge in [0.05, 0.1) is 35.2 Å². The molecule has 7 heteroatoms. The van der Waals surface area contributed by atoms with Crippen LogP contribution in [0.1, 0.15) is 84.3 Å². The molecule has 1 aliphatic heterocycles. The Balaban J connectivity index is 2.38. The van der Waals surface area contributed by atoms with Crippen LogP contribution in [0.25, 0.3) is 6.08 Å². The Morgan fingerprint density at radius 1 is 1.31 bits per heavy atom. The number of ketones is 1. The van der Waals surface area contributed by atoms with E-state index in [9.17, 15) is 20.0 Å². The number of aliphatic hydroxyl groups excluding tert-OH is 1. The number of carbonyl (C=O) groups is 2. The van der Waals surface area contributed by atoms with Crippen molar-refractivity contribution >= 4 is 29.2 Å². The van der Waals surface area contributed by atoms with Gasteiger partial charge in [-0.05, 0) is 57.6 Å². The summed E-state index contributed by atoms with van der Waals surface area (Å²) in [5.41, 5.74) is 1.80. The van der Waals surface area contributed by atoms with Gasteiger partial charge in [-0.15, -0.1) is 11.3 Å². The zero-order valence-electron chi connectivity index (χ0n) is 22.1. The number of thiazole rings is 1. The van der Waals surface area contributed by atoms with Gasteiger partial charge >= 0.3 is 5.97 Å². The first kappa shape index (κ1) is 28.9. The van der Waals surface area contributed by atoms with Gasteiger partial charge in [0.25, 0.3) is 0 Å². The van der Waals surface area contributed by atoms with Crippen molar-refractivity contribution in [3.63, 3.8) is 0 Å². The van der Waals surface area contributed by atoms with E-state index in [2.05, 4.69) is 24.1 Å². The van der Waals surface area contributed by atoms with Crippen LogP contribution in [0.5, 0.6) is 0 Å². The van der Waals surface area contributed by atoms with Crippen LogP contribution in [0.15, 0.2) is 22.6 Å². The van der Waals surface area contributed by atoms with Crippen LogP contribution < -0.4 is 0 Å². The molecule has 0 aliphatic carbocycles. The van der Waals surface area contributed by atoms with Crippen molar-refractivity contribution in [2.24, 2.45) is 23.2 Å². The van der Waals surface area contributed by atoms with Gasteiger partial charge in [-0.25, -0.2) is 4.98 Å². The van der Waals surface area contributed by atoms with Gasteiger partial charge in [0.15, 0.2) is 0 Å². The molecule has 0 saturated heterocycles. The third-order valence-electron chi connectivity index (χ3n) is 7.25. The number of aliphatic hydroxyl groups is 1. The number of rotatable bonds is 2. The predicted molar refractivity (Wildman–Crippen MR) is 139 cm³/mol. The zero-order chi connectivity index (χ0) is 26.3. The van der Waals surface area contributed by atoms with Gasteiger partial charge in [-0.2, -0.15) is 5.26 Å². The minimum Gasteiger partial charge on any atom is -0.457 e. The second kappa shape index (κ2) is 12.6. The van der Waals surface area contributed by atoms with E-state index in [-0.39, 0.29) is 18.1 Å². The van der Waals surface area contributed by atoms with Crippen LogP contribution in [0, 0.1) is 41.4 Å². The Labute approximate surface area is 214 Å². The number of carbonyl (C=O) groups excluding carboxylic acids is 2. The molecule has 0 radical (unpaired) electrons. The maximum atomic E-state index is 13.3. The monoisotopic (exact) mass is 500 g/mol. The lowest BCUT2D eigenvalue weighted by molar-refractivity contribution is -0.149. The largest absolute Gasteiger partial charge is 0.457 e. The van der Waals surface area contributed by atoms with Crippen molar-refractivity contribution in [1.82, 2.24) is 4.98 Å². The average Bonchev–Trinajstić information content (AvgIpc) is 3.21. The molecule has 1 aromatic rings. The molecule has 1 aromatic heterocycles. The number of aromatic nitrogens is 1. The summed E-state index contributed by atoms with van der Waals surface area (Å²) < 4.78 is 5.88. The number of nitrogens with zero attached hydrogens (tertiary/aromatic N) is 2. The second-order valence-electron chi connectivity index (χ2n) is 10.6. The quantitative estimate of drug-likeness (QED) is 0.392. The minimum absolute atomic E-state index is 0.0459. The average molecular weight is 501 g/mol. The Hall–Kier alpha value is -2.30. The van der Waals surface area contributed by atoms with E-state index < -0.39 is 35.4 Å². The molecular weight excluding hydrogens is 460 g/mol. The summed E-state index contributed by atoms with van der Waals surface area (Å²) in [7, 11) is 0. The van der Waals surface area contributed by atoms with E-state index in [0.29, 0.717) is 6.42 Å². The molecule has 1 unspecified atom stereocenters. The van der Waals surface area contributed by atoms with E-state index in [0.717, 1.165) is 35.5 Å². The smallest absolute Gasteiger partial charge is 0.307 e. The number of esters is 1. The van der Waals surface area contributed by atoms with E-state index in [1.807, 2.05) is 32.2 Å². The predicted octanol–water partition coefficient (Wildman–Crippen LogP) is 6.05. The molecule has 6 nitrogen and oxygen atoms in total. The van der Waals surface area contributed by atoms with Gasteiger partial charge < -0.3 is 9.84 Å². The number of allylic oxidation sites excluding steroid dienone is 1. The van der Waals surface area contributed by atoms with Gasteiger partial charge in [0.1, 0.15) is 11.9 Å². The summed E-state index contributed by atoms with van der Waals surface area (Å²) in [5.74, 6) is -2.25. The minimum atomic E-state index is -1.10. The first-order valence-electron chi connectivity index (χ1n) is 12.4. The maximum absolute atomic E-state index is 13.3. The fraction of sp³-hybridized carbons (Fsp3) is 0.643. The lowest BCUT2D eigenvalue weighted by atomic mass is 9.69. The molecule has 35 heavy (non-hydrogen) atoms. The molecule has 2 heterocycles. The van der Waals surface area contributed by atoms with E-state index >= 15 is 0 Å². The Kier molecular flexibility index (Phi) is 10.4. The number of hydrogen-bond acceptors (Lipinski definition) is 7. The maximum Gasteiger partial charge on any atom is 0.307 e. The van der Waals surface area contributed by atoms with Crippen LogP contribution in [0.2, 0.25) is 0 Å². The highest BCUT2D eigenvalue weighted by molar-refractivity contribution is 7.09. The van der Waals surface area contributed by atoms with E-state index in [1.54, 1.807) is 32.1 Å². The number of hydrogen-bond donors (Lipinski definition) is 1. The Morgan fingerprint density at radius 2 is 2.00 bits per heavy atom. The highest BCUT2D eigenvalue weighted by Crippen LogP contribution is 2.36. The molecule has 0 amide bonds. The van der Waals surface area contributed by atoms with Crippen LogP contribution in [-0.2, 0) is 14.3 Å². The summed E-state index contributed by atoms with van der Waals surface area (Å²) in [6.45, 7) is 13.0. The summed E-state index contributed by atoms with van der Waals surface area (Å²) >= 11 is 1.56. The third kappa shape index (κ3) is 7.85. The molecule has 0 fully saturated rings.